The lowest BCUT2D eigenvalue weighted by Crippen LogP contribution is -2.02. The molecule has 2 heteroatoms. The predicted octanol–water partition coefficient (Wildman–Crippen LogP) is 4.33. The smallest absolute Gasteiger partial charge is 0.125 e. The van der Waals surface area contributed by atoms with Crippen LogP contribution in [0, 0.1) is 13.8 Å². The summed E-state index contributed by atoms with van der Waals surface area (Å²) in [6, 6.07) is 14.1. The predicted molar refractivity (Wildman–Crippen MR) is 81.9 cm³/mol. The highest BCUT2D eigenvalue weighted by Gasteiger charge is 2.11. The van der Waals surface area contributed by atoms with Gasteiger partial charge in [0.05, 0.1) is 6.10 Å². The summed E-state index contributed by atoms with van der Waals surface area (Å²) >= 11 is 0. The van der Waals surface area contributed by atoms with E-state index in [1.54, 1.807) is 0 Å². The second kappa shape index (κ2) is 6.58. The number of para-hydroxylation sites is 1. The van der Waals surface area contributed by atoms with E-state index in [4.69, 9.17) is 4.74 Å². The van der Waals surface area contributed by atoms with Crippen LogP contribution in [0.3, 0.4) is 0 Å². The third-order valence-corrected chi connectivity index (χ3v) is 3.34. The van der Waals surface area contributed by atoms with Crippen LogP contribution < -0.4 is 4.74 Å². The summed E-state index contributed by atoms with van der Waals surface area (Å²) in [6.45, 7) is 6.66. The lowest BCUT2D eigenvalue weighted by molar-refractivity contribution is 0.166. The van der Waals surface area contributed by atoms with Gasteiger partial charge in [-0.1, -0.05) is 54.4 Å². The minimum Gasteiger partial charge on any atom is -0.489 e. The zero-order valence-electron chi connectivity index (χ0n) is 12.4. The normalized spacial score (nSPS) is 12.2. The summed E-state index contributed by atoms with van der Waals surface area (Å²) in [5, 5.41) is 10.0. The molecule has 0 aliphatic heterocycles. The highest BCUT2D eigenvalue weighted by atomic mass is 16.5. The quantitative estimate of drug-likeness (QED) is 0.876. The van der Waals surface area contributed by atoms with Gasteiger partial charge >= 0.3 is 0 Å². The highest BCUT2D eigenvalue weighted by molar-refractivity contribution is 5.35. The van der Waals surface area contributed by atoms with Gasteiger partial charge in [0.25, 0.3) is 0 Å². The molecule has 2 aromatic rings. The molecule has 0 bridgehead atoms. The third kappa shape index (κ3) is 3.61. The Bertz CT molecular complexity index is 555. The van der Waals surface area contributed by atoms with Crippen molar-refractivity contribution >= 4 is 0 Å². The Kier molecular flexibility index (Phi) is 4.80. The fraction of sp³-hybridized carbons (Fsp3) is 0.333. The molecule has 1 N–H and O–H groups in total. The largest absolute Gasteiger partial charge is 0.489 e. The lowest BCUT2D eigenvalue weighted by Gasteiger charge is -2.15. The van der Waals surface area contributed by atoms with Gasteiger partial charge in [0, 0.05) is 5.56 Å². The van der Waals surface area contributed by atoms with Crippen LogP contribution in [0.2, 0.25) is 0 Å². The summed E-state index contributed by atoms with van der Waals surface area (Å²) in [5.74, 6) is 0.765. The van der Waals surface area contributed by atoms with Crippen molar-refractivity contribution < 1.29 is 9.84 Å². The summed E-state index contributed by atoms with van der Waals surface area (Å²) < 4.78 is 5.90. The Morgan fingerprint density at radius 2 is 1.70 bits per heavy atom. The molecule has 0 aliphatic carbocycles. The number of hydrogen-bond acceptors (Lipinski definition) is 2. The van der Waals surface area contributed by atoms with Gasteiger partial charge in [0.2, 0.25) is 0 Å². The van der Waals surface area contributed by atoms with E-state index >= 15 is 0 Å². The first-order chi connectivity index (χ1) is 9.60. The molecule has 0 aliphatic rings. The molecule has 1 atom stereocenters. The van der Waals surface area contributed by atoms with Crippen LogP contribution in [0.1, 0.15) is 41.7 Å². The fourth-order valence-corrected chi connectivity index (χ4v) is 2.42. The third-order valence-electron chi connectivity index (χ3n) is 3.34. The number of aliphatic hydroxyl groups is 1. The number of aliphatic hydroxyl groups excluding tert-OH is 1. The Morgan fingerprint density at radius 3 is 2.35 bits per heavy atom. The molecular formula is C18H22O2. The molecule has 0 heterocycles. The Labute approximate surface area is 121 Å². The topological polar surface area (TPSA) is 29.5 Å². The van der Waals surface area contributed by atoms with E-state index in [9.17, 15) is 5.11 Å². The number of rotatable bonds is 5. The Hall–Kier alpha value is -1.80. The Balaban J connectivity index is 2.14. The SMILES string of the molecule is CCC(O)c1ccccc1OCc1cc(C)cc(C)c1. The van der Waals surface area contributed by atoms with Gasteiger partial charge in [-0.2, -0.15) is 0 Å². The standard InChI is InChI=1S/C18H22O2/c1-4-17(19)16-7-5-6-8-18(16)20-12-15-10-13(2)9-14(3)11-15/h5-11,17,19H,4,12H2,1-3H3. The minimum atomic E-state index is -0.467. The van der Waals surface area contributed by atoms with Crippen LogP contribution in [0.15, 0.2) is 42.5 Å². The van der Waals surface area contributed by atoms with Crippen LogP contribution in [-0.2, 0) is 6.61 Å². The molecule has 2 aromatic carbocycles. The van der Waals surface area contributed by atoms with E-state index in [2.05, 4.69) is 32.0 Å². The van der Waals surface area contributed by atoms with Crippen molar-refractivity contribution in [3.05, 3.63) is 64.7 Å². The summed E-state index contributed by atoms with van der Waals surface area (Å²) in [6.07, 6.45) is 0.217. The van der Waals surface area contributed by atoms with Gasteiger partial charge in [-0.3, -0.25) is 0 Å². The van der Waals surface area contributed by atoms with Gasteiger partial charge in [-0.05, 0) is 31.9 Å². The van der Waals surface area contributed by atoms with Gasteiger partial charge in [-0.15, -0.1) is 0 Å². The molecule has 1 unspecified atom stereocenters. The zero-order valence-corrected chi connectivity index (χ0v) is 12.4. The molecule has 2 nitrogen and oxygen atoms in total. The number of benzene rings is 2. The van der Waals surface area contributed by atoms with E-state index < -0.39 is 6.10 Å². The first-order valence-corrected chi connectivity index (χ1v) is 7.07. The fourth-order valence-electron chi connectivity index (χ4n) is 2.42. The van der Waals surface area contributed by atoms with Gasteiger partial charge < -0.3 is 9.84 Å². The Morgan fingerprint density at radius 1 is 1.05 bits per heavy atom. The van der Waals surface area contributed by atoms with Crippen LogP contribution in [0.5, 0.6) is 5.75 Å². The van der Waals surface area contributed by atoms with Crippen LogP contribution in [-0.4, -0.2) is 5.11 Å². The average molecular weight is 270 g/mol. The van der Waals surface area contributed by atoms with E-state index in [1.165, 1.54) is 11.1 Å². The van der Waals surface area contributed by atoms with Crippen molar-refractivity contribution in [3.63, 3.8) is 0 Å². The first kappa shape index (κ1) is 14.6. The van der Waals surface area contributed by atoms with Crippen molar-refractivity contribution in [2.75, 3.05) is 0 Å². The van der Waals surface area contributed by atoms with Crippen LogP contribution in [0.4, 0.5) is 0 Å². The van der Waals surface area contributed by atoms with E-state index in [0.717, 1.165) is 16.9 Å². The summed E-state index contributed by atoms with van der Waals surface area (Å²) in [4.78, 5) is 0. The second-order valence-corrected chi connectivity index (χ2v) is 5.25. The number of ether oxygens (including phenoxy) is 1. The molecule has 0 spiro atoms. The maximum absolute atomic E-state index is 10.0. The van der Waals surface area contributed by atoms with E-state index in [1.807, 2.05) is 31.2 Å². The molecule has 0 fully saturated rings. The van der Waals surface area contributed by atoms with Crippen LogP contribution in [0.25, 0.3) is 0 Å². The average Bonchev–Trinajstić information content (AvgIpc) is 2.43. The molecule has 106 valence electrons. The van der Waals surface area contributed by atoms with Gasteiger partial charge in [0.15, 0.2) is 0 Å². The highest BCUT2D eigenvalue weighted by Crippen LogP contribution is 2.27. The van der Waals surface area contributed by atoms with E-state index in [-0.39, 0.29) is 0 Å². The molecular weight excluding hydrogens is 248 g/mol. The minimum absolute atomic E-state index is 0.467. The van der Waals surface area contributed by atoms with Crippen molar-refractivity contribution in [1.29, 1.82) is 0 Å². The van der Waals surface area contributed by atoms with Gasteiger partial charge in [-0.25, -0.2) is 0 Å². The van der Waals surface area contributed by atoms with Crippen LogP contribution >= 0.6 is 0 Å². The van der Waals surface area contributed by atoms with Crippen molar-refractivity contribution in [1.82, 2.24) is 0 Å². The molecule has 2 rings (SSSR count). The monoisotopic (exact) mass is 270 g/mol. The number of aryl methyl sites for hydroxylation is 2. The molecule has 0 saturated carbocycles. The van der Waals surface area contributed by atoms with E-state index in [0.29, 0.717) is 13.0 Å². The molecule has 0 aromatic heterocycles. The molecule has 0 amide bonds. The molecule has 0 saturated heterocycles. The summed E-state index contributed by atoms with van der Waals surface area (Å²) in [5.41, 5.74) is 4.50. The summed E-state index contributed by atoms with van der Waals surface area (Å²) in [7, 11) is 0. The van der Waals surface area contributed by atoms with Crippen molar-refractivity contribution in [2.45, 2.75) is 39.9 Å². The number of hydrogen-bond donors (Lipinski definition) is 1. The zero-order chi connectivity index (χ0) is 14.5. The molecule has 0 radical (unpaired) electrons. The van der Waals surface area contributed by atoms with Gasteiger partial charge in [0.1, 0.15) is 12.4 Å². The molecule has 20 heavy (non-hydrogen) atoms. The lowest BCUT2D eigenvalue weighted by atomic mass is 10.1. The second-order valence-electron chi connectivity index (χ2n) is 5.25. The van der Waals surface area contributed by atoms with Crippen molar-refractivity contribution in [3.8, 4) is 5.75 Å². The maximum atomic E-state index is 10.0. The maximum Gasteiger partial charge on any atom is 0.125 e. The first-order valence-electron chi connectivity index (χ1n) is 7.07. The van der Waals surface area contributed by atoms with Crippen molar-refractivity contribution in [2.24, 2.45) is 0 Å².